The lowest BCUT2D eigenvalue weighted by Crippen LogP contribution is -1.98. The summed E-state index contributed by atoms with van der Waals surface area (Å²) in [5.74, 6) is 0.587. The summed E-state index contributed by atoms with van der Waals surface area (Å²) in [6, 6.07) is 3.56. The molecule has 1 aromatic heterocycles. The quantitative estimate of drug-likeness (QED) is 0.747. The SMILES string of the molecule is CCCC=C=C(CC)C(O)c1ccco1. The molecule has 0 spiro atoms. The zero-order valence-corrected chi connectivity index (χ0v) is 9.36. The molecule has 0 amide bonds. The molecule has 0 saturated carbocycles. The third-order valence-electron chi connectivity index (χ3n) is 2.24. The van der Waals surface area contributed by atoms with Crippen molar-refractivity contribution >= 4 is 0 Å². The summed E-state index contributed by atoms with van der Waals surface area (Å²) in [5, 5.41) is 9.96. The van der Waals surface area contributed by atoms with Crippen LogP contribution in [0.3, 0.4) is 0 Å². The van der Waals surface area contributed by atoms with Crippen molar-refractivity contribution in [2.45, 2.75) is 39.2 Å². The van der Waals surface area contributed by atoms with Gasteiger partial charge in [0, 0.05) is 5.57 Å². The number of aliphatic hydroxyl groups excluding tert-OH is 1. The minimum Gasteiger partial charge on any atom is -0.466 e. The molecule has 0 bridgehead atoms. The number of unbranched alkanes of at least 4 members (excludes halogenated alkanes) is 1. The van der Waals surface area contributed by atoms with E-state index < -0.39 is 6.10 Å². The van der Waals surface area contributed by atoms with E-state index in [1.807, 2.05) is 13.0 Å². The van der Waals surface area contributed by atoms with Gasteiger partial charge in [-0.1, -0.05) is 20.3 Å². The molecule has 0 aliphatic heterocycles. The molecular weight excluding hydrogens is 188 g/mol. The molecule has 0 aliphatic carbocycles. The van der Waals surface area contributed by atoms with Crippen molar-refractivity contribution in [2.24, 2.45) is 0 Å². The monoisotopic (exact) mass is 206 g/mol. The Morgan fingerprint density at radius 1 is 1.60 bits per heavy atom. The standard InChI is InChI=1S/C13H18O2/c1-3-5-6-8-11(4-2)13(14)12-9-7-10-15-12/h6-7,9-10,13-14H,3-5H2,1-2H3. The minimum absolute atomic E-state index is 0.587. The molecular formula is C13H18O2. The summed E-state index contributed by atoms with van der Waals surface area (Å²) < 4.78 is 5.16. The van der Waals surface area contributed by atoms with Gasteiger partial charge in [-0.2, -0.15) is 0 Å². The van der Waals surface area contributed by atoms with E-state index in [2.05, 4.69) is 12.7 Å². The molecule has 0 aliphatic rings. The van der Waals surface area contributed by atoms with E-state index in [0.717, 1.165) is 24.8 Å². The van der Waals surface area contributed by atoms with Crippen molar-refractivity contribution in [3.8, 4) is 0 Å². The Balaban J connectivity index is 2.79. The number of aliphatic hydroxyl groups is 1. The zero-order valence-electron chi connectivity index (χ0n) is 9.36. The highest BCUT2D eigenvalue weighted by Gasteiger charge is 2.13. The van der Waals surface area contributed by atoms with Gasteiger partial charge in [0.05, 0.1) is 6.26 Å². The first-order chi connectivity index (χ1) is 7.29. The van der Waals surface area contributed by atoms with Gasteiger partial charge in [-0.15, -0.1) is 5.73 Å². The molecule has 0 saturated heterocycles. The van der Waals surface area contributed by atoms with Crippen LogP contribution in [-0.4, -0.2) is 5.11 Å². The van der Waals surface area contributed by atoms with Crippen LogP contribution in [0.25, 0.3) is 0 Å². The zero-order chi connectivity index (χ0) is 11.1. The highest BCUT2D eigenvalue weighted by molar-refractivity contribution is 5.17. The van der Waals surface area contributed by atoms with Gasteiger partial charge in [0.2, 0.25) is 0 Å². The average molecular weight is 206 g/mol. The second kappa shape index (κ2) is 6.28. The van der Waals surface area contributed by atoms with E-state index in [1.165, 1.54) is 0 Å². The number of hydrogen-bond acceptors (Lipinski definition) is 2. The van der Waals surface area contributed by atoms with E-state index in [9.17, 15) is 5.11 Å². The lowest BCUT2D eigenvalue weighted by Gasteiger charge is -2.07. The lowest BCUT2D eigenvalue weighted by atomic mass is 10.1. The molecule has 1 heterocycles. The topological polar surface area (TPSA) is 33.4 Å². The van der Waals surface area contributed by atoms with Gasteiger partial charge in [0.15, 0.2) is 0 Å². The fourth-order valence-corrected chi connectivity index (χ4v) is 1.34. The van der Waals surface area contributed by atoms with Crippen LogP contribution in [0.5, 0.6) is 0 Å². The first kappa shape index (κ1) is 11.8. The maximum atomic E-state index is 9.96. The fraction of sp³-hybridized carbons (Fsp3) is 0.462. The molecule has 0 radical (unpaired) electrons. The van der Waals surface area contributed by atoms with Crippen LogP contribution in [0.15, 0.2) is 40.2 Å². The van der Waals surface area contributed by atoms with E-state index in [1.54, 1.807) is 18.4 Å². The molecule has 0 aromatic carbocycles. The van der Waals surface area contributed by atoms with Gasteiger partial charge < -0.3 is 9.52 Å². The molecule has 1 N–H and O–H groups in total. The molecule has 1 aromatic rings. The van der Waals surface area contributed by atoms with Gasteiger partial charge in [-0.05, 0) is 31.1 Å². The van der Waals surface area contributed by atoms with Crippen molar-refractivity contribution in [3.05, 3.63) is 41.5 Å². The Morgan fingerprint density at radius 2 is 2.40 bits per heavy atom. The van der Waals surface area contributed by atoms with Crippen LogP contribution >= 0.6 is 0 Å². The first-order valence-electron chi connectivity index (χ1n) is 5.45. The Hall–Kier alpha value is -1.24. The number of hydrogen-bond donors (Lipinski definition) is 1. The lowest BCUT2D eigenvalue weighted by molar-refractivity contribution is 0.182. The number of furan rings is 1. The number of rotatable bonds is 5. The van der Waals surface area contributed by atoms with Crippen molar-refractivity contribution < 1.29 is 9.52 Å². The van der Waals surface area contributed by atoms with Crippen LogP contribution in [-0.2, 0) is 0 Å². The van der Waals surface area contributed by atoms with Gasteiger partial charge in [-0.3, -0.25) is 0 Å². The Labute approximate surface area is 90.9 Å². The highest BCUT2D eigenvalue weighted by Crippen LogP contribution is 2.23. The van der Waals surface area contributed by atoms with Crippen LogP contribution in [0.4, 0.5) is 0 Å². The predicted molar refractivity (Wildman–Crippen MR) is 60.5 cm³/mol. The highest BCUT2D eigenvalue weighted by atomic mass is 16.4. The smallest absolute Gasteiger partial charge is 0.140 e. The summed E-state index contributed by atoms with van der Waals surface area (Å²) in [7, 11) is 0. The maximum Gasteiger partial charge on any atom is 0.140 e. The van der Waals surface area contributed by atoms with Crippen molar-refractivity contribution in [1.29, 1.82) is 0 Å². The average Bonchev–Trinajstić information content (AvgIpc) is 2.77. The molecule has 0 fully saturated rings. The van der Waals surface area contributed by atoms with Gasteiger partial charge in [0.25, 0.3) is 0 Å². The molecule has 1 unspecified atom stereocenters. The second-order valence-corrected chi connectivity index (χ2v) is 3.43. The van der Waals surface area contributed by atoms with Crippen molar-refractivity contribution in [2.75, 3.05) is 0 Å². The normalized spacial score (nSPS) is 11.9. The van der Waals surface area contributed by atoms with Crippen LogP contribution in [0.1, 0.15) is 45.0 Å². The third kappa shape index (κ3) is 3.43. The molecule has 1 atom stereocenters. The maximum absolute atomic E-state index is 9.96. The van der Waals surface area contributed by atoms with Crippen LogP contribution in [0.2, 0.25) is 0 Å². The van der Waals surface area contributed by atoms with Crippen LogP contribution in [0, 0.1) is 0 Å². The summed E-state index contributed by atoms with van der Waals surface area (Å²) >= 11 is 0. The van der Waals surface area contributed by atoms with Gasteiger partial charge >= 0.3 is 0 Å². The fourth-order valence-electron chi connectivity index (χ4n) is 1.34. The molecule has 2 nitrogen and oxygen atoms in total. The first-order valence-corrected chi connectivity index (χ1v) is 5.45. The van der Waals surface area contributed by atoms with Crippen molar-refractivity contribution in [3.63, 3.8) is 0 Å². The van der Waals surface area contributed by atoms with E-state index in [0.29, 0.717) is 5.76 Å². The predicted octanol–water partition coefficient (Wildman–Crippen LogP) is 3.60. The largest absolute Gasteiger partial charge is 0.466 e. The summed E-state index contributed by atoms with van der Waals surface area (Å²) in [4.78, 5) is 0. The Morgan fingerprint density at radius 3 is 2.93 bits per heavy atom. The van der Waals surface area contributed by atoms with Crippen molar-refractivity contribution in [1.82, 2.24) is 0 Å². The molecule has 82 valence electrons. The summed E-state index contributed by atoms with van der Waals surface area (Å²) in [5.41, 5.74) is 4.01. The summed E-state index contributed by atoms with van der Waals surface area (Å²) in [6.45, 7) is 4.13. The minimum atomic E-state index is -0.655. The molecule has 1 rings (SSSR count). The Kier molecular flexibility index (Phi) is 4.96. The second-order valence-electron chi connectivity index (χ2n) is 3.43. The van der Waals surface area contributed by atoms with Crippen LogP contribution < -0.4 is 0 Å². The van der Waals surface area contributed by atoms with Gasteiger partial charge in [0.1, 0.15) is 11.9 Å². The van der Waals surface area contributed by atoms with Gasteiger partial charge in [-0.25, -0.2) is 0 Å². The Bertz CT molecular complexity index is 329. The summed E-state index contributed by atoms with van der Waals surface area (Å²) in [6.07, 6.45) is 5.77. The van der Waals surface area contributed by atoms with E-state index >= 15 is 0 Å². The van der Waals surface area contributed by atoms with E-state index in [-0.39, 0.29) is 0 Å². The third-order valence-corrected chi connectivity index (χ3v) is 2.24. The molecule has 15 heavy (non-hydrogen) atoms. The van der Waals surface area contributed by atoms with E-state index in [4.69, 9.17) is 4.42 Å². The molecule has 2 heteroatoms.